The van der Waals surface area contributed by atoms with E-state index >= 15 is 0 Å². The van der Waals surface area contributed by atoms with Crippen molar-refractivity contribution in [1.82, 2.24) is 10.2 Å². The Morgan fingerprint density at radius 1 is 1.56 bits per heavy atom. The third kappa shape index (κ3) is 4.38. The van der Waals surface area contributed by atoms with E-state index in [1.807, 2.05) is 20.1 Å². The number of nitrogens with zero attached hydrogens (tertiary/aromatic N) is 1. The summed E-state index contributed by atoms with van der Waals surface area (Å²) in [4.78, 5) is 23.7. The van der Waals surface area contributed by atoms with Gasteiger partial charge in [-0.2, -0.15) is 11.8 Å². The quantitative estimate of drug-likeness (QED) is 0.743. The predicted octanol–water partition coefficient (Wildman–Crippen LogP) is 0.623. The molecule has 2 amide bonds. The SMILES string of the molecule is CSC(C)CNC(=O)N1CC(C)(OCC(=O)O)C1. The number of likely N-dealkylation sites (tertiary alicyclic amines) is 1. The number of aliphatic carboxylic acids is 1. The Bertz CT molecular complexity index is 318. The number of nitrogens with one attached hydrogen (secondary N) is 1. The molecule has 1 fully saturated rings. The maximum Gasteiger partial charge on any atom is 0.329 e. The second-order valence-electron chi connectivity index (χ2n) is 4.72. The van der Waals surface area contributed by atoms with E-state index in [2.05, 4.69) is 5.32 Å². The lowest BCUT2D eigenvalue weighted by Crippen LogP contribution is -2.65. The van der Waals surface area contributed by atoms with Gasteiger partial charge in [0, 0.05) is 11.8 Å². The molecule has 1 atom stereocenters. The maximum absolute atomic E-state index is 11.7. The second kappa shape index (κ2) is 6.29. The van der Waals surface area contributed by atoms with Crippen LogP contribution in [-0.4, -0.2) is 65.4 Å². The van der Waals surface area contributed by atoms with E-state index in [1.165, 1.54) is 0 Å². The largest absolute Gasteiger partial charge is 0.480 e. The molecule has 18 heavy (non-hydrogen) atoms. The van der Waals surface area contributed by atoms with Crippen molar-refractivity contribution >= 4 is 23.8 Å². The van der Waals surface area contributed by atoms with E-state index < -0.39 is 11.6 Å². The average molecular weight is 276 g/mol. The molecule has 7 heteroatoms. The maximum atomic E-state index is 11.7. The van der Waals surface area contributed by atoms with Gasteiger partial charge in [0.05, 0.1) is 13.1 Å². The Kier molecular flexibility index (Phi) is 5.28. The fraction of sp³-hybridized carbons (Fsp3) is 0.818. The van der Waals surface area contributed by atoms with Crippen LogP contribution < -0.4 is 5.32 Å². The minimum Gasteiger partial charge on any atom is -0.480 e. The smallest absolute Gasteiger partial charge is 0.329 e. The number of carbonyl (C=O) groups excluding carboxylic acids is 1. The van der Waals surface area contributed by atoms with Gasteiger partial charge >= 0.3 is 12.0 Å². The molecule has 6 nitrogen and oxygen atoms in total. The van der Waals surface area contributed by atoms with Crippen LogP contribution >= 0.6 is 11.8 Å². The molecule has 0 aliphatic carbocycles. The molecular formula is C11H20N2O4S. The number of rotatable bonds is 6. The monoisotopic (exact) mass is 276 g/mol. The number of thioether (sulfide) groups is 1. The fourth-order valence-electron chi connectivity index (χ4n) is 1.66. The highest BCUT2D eigenvalue weighted by Gasteiger charge is 2.42. The van der Waals surface area contributed by atoms with Crippen LogP contribution in [0.2, 0.25) is 0 Å². The average Bonchev–Trinajstić information content (AvgIpc) is 2.29. The van der Waals surface area contributed by atoms with Gasteiger partial charge in [0.1, 0.15) is 12.2 Å². The third-order valence-electron chi connectivity index (χ3n) is 2.83. The molecule has 0 aromatic heterocycles. The minimum absolute atomic E-state index is 0.118. The molecule has 1 aliphatic rings. The first-order chi connectivity index (χ1) is 8.36. The number of hydrogen-bond donors (Lipinski definition) is 2. The zero-order valence-corrected chi connectivity index (χ0v) is 11.7. The summed E-state index contributed by atoms with van der Waals surface area (Å²) >= 11 is 1.69. The van der Waals surface area contributed by atoms with Gasteiger partial charge in [-0.25, -0.2) is 9.59 Å². The number of amides is 2. The molecule has 0 bridgehead atoms. The number of carboxylic acid groups (broad SMARTS) is 1. The third-order valence-corrected chi connectivity index (χ3v) is 3.80. The highest BCUT2D eigenvalue weighted by atomic mass is 32.2. The molecule has 0 radical (unpaired) electrons. The standard InChI is InChI=1S/C11H20N2O4S/c1-8(18-3)4-12-10(16)13-6-11(2,7-13)17-5-9(14)15/h8H,4-7H2,1-3H3,(H,12,16)(H,14,15). The van der Waals surface area contributed by atoms with Crippen molar-refractivity contribution in [2.24, 2.45) is 0 Å². The molecule has 104 valence electrons. The summed E-state index contributed by atoms with van der Waals surface area (Å²) in [5.74, 6) is -0.993. The van der Waals surface area contributed by atoms with E-state index in [1.54, 1.807) is 16.7 Å². The first-order valence-electron chi connectivity index (χ1n) is 5.77. The van der Waals surface area contributed by atoms with E-state index in [9.17, 15) is 9.59 Å². The van der Waals surface area contributed by atoms with Gasteiger partial charge in [0.2, 0.25) is 0 Å². The number of urea groups is 1. The summed E-state index contributed by atoms with van der Waals surface area (Å²) in [6.07, 6.45) is 2.00. The minimum atomic E-state index is -0.993. The van der Waals surface area contributed by atoms with Crippen LogP contribution in [0.5, 0.6) is 0 Å². The summed E-state index contributed by atoms with van der Waals surface area (Å²) in [6.45, 7) is 5.02. The molecule has 1 unspecified atom stereocenters. The van der Waals surface area contributed by atoms with Crippen molar-refractivity contribution in [3.05, 3.63) is 0 Å². The molecule has 1 saturated heterocycles. The highest BCUT2D eigenvalue weighted by molar-refractivity contribution is 7.99. The number of ether oxygens (including phenoxy) is 1. The van der Waals surface area contributed by atoms with Gasteiger partial charge in [-0.15, -0.1) is 0 Å². The normalized spacial score (nSPS) is 18.9. The van der Waals surface area contributed by atoms with Crippen LogP contribution in [0.3, 0.4) is 0 Å². The predicted molar refractivity (Wildman–Crippen MR) is 69.9 cm³/mol. The fourth-order valence-corrected chi connectivity index (χ4v) is 1.91. The van der Waals surface area contributed by atoms with Gasteiger partial charge in [-0.1, -0.05) is 6.92 Å². The number of carbonyl (C=O) groups is 2. The van der Waals surface area contributed by atoms with Crippen molar-refractivity contribution < 1.29 is 19.4 Å². The Morgan fingerprint density at radius 2 is 2.17 bits per heavy atom. The van der Waals surface area contributed by atoms with Crippen LogP contribution in [0, 0.1) is 0 Å². The lowest BCUT2D eigenvalue weighted by Gasteiger charge is -2.47. The van der Waals surface area contributed by atoms with Crippen molar-refractivity contribution in [2.45, 2.75) is 24.7 Å². The molecule has 0 aromatic carbocycles. The van der Waals surface area contributed by atoms with Crippen LogP contribution in [0.15, 0.2) is 0 Å². The van der Waals surface area contributed by atoms with Gasteiger partial charge in [0.15, 0.2) is 0 Å². The topological polar surface area (TPSA) is 78.9 Å². The van der Waals surface area contributed by atoms with E-state index in [0.717, 1.165) is 0 Å². The zero-order chi connectivity index (χ0) is 13.8. The van der Waals surface area contributed by atoms with Crippen LogP contribution in [0.4, 0.5) is 4.79 Å². The lowest BCUT2D eigenvalue weighted by molar-refractivity contribution is -0.159. The van der Waals surface area contributed by atoms with Crippen molar-refractivity contribution in [3.8, 4) is 0 Å². The lowest BCUT2D eigenvalue weighted by atomic mass is 9.97. The number of carboxylic acids is 1. The van der Waals surface area contributed by atoms with E-state index in [-0.39, 0.29) is 12.6 Å². The Balaban J connectivity index is 2.24. The Hall–Kier alpha value is -0.950. The summed E-state index contributed by atoms with van der Waals surface area (Å²) in [7, 11) is 0. The number of hydrogen-bond acceptors (Lipinski definition) is 4. The zero-order valence-electron chi connectivity index (χ0n) is 10.9. The second-order valence-corrected chi connectivity index (χ2v) is 6.00. The van der Waals surface area contributed by atoms with E-state index in [0.29, 0.717) is 24.9 Å². The first-order valence-corrected chi connectivity index (χ1v) is 7.06. The molecule has 0 aromatic rings. The van der Waals surface area contributed by atoms with Crippen molar-refractivity contribution in [1.29, 1.82) is 0 Å². The molecule has 1 aliphatic heterocycles. The summed E-state index contributed by atoms with van der Waals surface area (Å²) < 4.78 is 5.23. The van der Waals surface area contributed by atoms with Gasteiger partial charge in [-0.05, 0) is 13.2 Å². The molecule has 0 spiro atoms. The van der Waals surface area contributed by atoms with E-state index in [4.69, 9.17) is 9.84 Å². The Labute approximate surface area is 111 Å². The van der Waals surface area contributed by atoms with Crippen LogP contribution in [0.1, 0.15) is 13.8 Å². The molecule has 1 heterocycles. The van der Waals surface area contributed by atoms with Crippen molar-refractivity contribution in [3.63, 3.8) is 0 Å². The summed E-state index contributed by atoms with van der Waals surface area (Å²) in [5, 5.41) is 11.7. The van der Waals surface area contributed by atoms with Crippen LogP contribution in [0.25, 0.3) is 0 Å². The molecule has 0 saturated carbocycles. The molecular weight excluding hydrogens is 256 g/mol. The Morgan fingerprint density at radius 3 is 2.67 bits per heavy atom. The summed E-state index contributed by atoms with van der Waals surface area (Å²) in [6, 6.07) is -0.118. The summed E-state index contributed by atoms with van der Waals surface area (Å²) in [5.41, 5.74) is -0.527. The van der Waals surface area contributed by atoms with Gasteiger partial charge < -0.3 is 20.1 Å². The molecule has 1 rings (SSSR count). The van der Waals surface area contributed by atoms with Crippen molar-refractivity contribution in [2.75, 3.05) is 32.5 Å². The van der Waals surface area contributed by atoms with Gasteiger partial charge in [-0.3, -0.25) is 0 Å². The van der Waals surface area contributed by atoms with Crippen LogP contribution in [-0.2, 0) is 9.53 Å². The molecule has 2 N–H and O–H groups in total. The van der Waals surface area contributed by atoms with Gasteiger partial charge in [0.25, 0.3) is 0 Å². The first kappa shape index (κ1) is 15.1. The highest BCUT2D eigenvalue weighted by Crippen LogP contribution is 2.24.